The van der Waals surface area contributed by atoms with Crippen molar-refractivity contribution >= 4 is 29.5 Å². The van der Waals surface area contributed by atoms with Crippen LogP contribution in [0.25, 0.3) is 0 Å². The molecule has 0 aliphatic carbocycles. The van der Waals surface area contributed by atoms with Crippen LogP contribution in [0.3, 0.4) is 0 Å². The van der Waals surface area contributed by atoms with Gasteiger partial charge in [-0.3, -0.25) is 14.4 Å². The quantitative estimate of drug-likeness (QED) is 0.394. The molecular weight excluding hydrogens is 450 g/mol. The molecule has 4 rings (SSSR count). The van der Waals surface area contributed by atoms with Gasteiger partial charge in [0.05, 0.1) is 16.6 Å². The average molecular weight is 488 g/mol. The van der Waals surface area contributed by atoms with Gasteiger partial charge in [0.1, 0.15) is 6.04 Å². The maximum absolute atomic E-state index is 13.8. The third kappa shape index (κ3) is 4.71. The molecule has 186 valence electrons. The predicted molar refractivity (Wildman–Crippen MR) is 133 cm³/mol. The van der Waals surface area contributed by atoms with Gasteiger partial charge in [-0.25, -0.2) is 0 Å². The van der Waals surface area contributed by atoms with Gasteiger partial charge in [-0.15, -0.1) is 11.8 Å². The Morgan fingerprint density at radius 2 is 1.88 bits per heavy atom. The fourth-order valence-electron chi connectivity index (χ4n) is 5.99. The van der Waals surface area contributed by atoms with Crippen LogP contribution in [0.1, 0.15) is 57.4 Å². The smallest absolute Gasteiger partial charge is 0.244 e. The number of nitrogens with zero attached hydrogens (tertiary/aromatic N) is 1. The minimum atomic E-state index is -0.550. The third-order valence-corrected chi connectivity index (χ3v) is 9.47. The van der Waals surface area contributed by atoms with E-state index in [-0.39, 0.29) is 35.5 Å². The van der Waals surface area contributed by atoms with E-state index in [1.807, 2.05) is 37.3 Å². The van der Waals surface area contributed by atoms with E-state index in [4.69, 9.17) is 5.11 Å². The second kappa shape index (κ2) is 11.1. The molecule has 3 amide bonds. The van der Waals surface area contributed by atoms with Crippen LogP contribution in [0.5, 0.6) is 0 Å². The summed E-state index contributed by atoms with van der Waals surface area (Å²) in [5, 5.41) is 15.3. The largest absolute Gasteiger partial charge is 0.396 e. The lowest BCUT2D eigenvalue weighted by Crippen LogP contribution is -2.53. The number of amides is 3. The number of hydrogen-bond donors (Lipinski definition) is 3. The summed E-state index contributed by atoms with van der Waals surface area (Å²) >= 11 is 1.72. The minimum absolute atomic E-state index is 0.0339. The van der Waals surface area contributed by atoms with E-state index in [1.54, 1.807) is 16.7 Å². The van der Waals surface area contributed by atoms with Gasteiger partial charge in [0.2, 0.25) is 17.7 Å². The van der Waals surface area contributed by atoms with Crippen LogP contribution in [0.15, 0.2) is 30.3 Å². The second-order valence-corrected chi connectivity index (χ2v) is 11.3. The van der Waals surface area contributed by atoms with Crippen molar-refractivity contribution in [2.45, 2.75) is 74.5 Å². The summed E-state index contributed by atoms with van der Waals surface area (Å²) in [7, 11) is 0. The summed E-state index contributed by atoms with van der Waals surface area (Å²) < 4.78 is -0.526. The van der Waals surface area contributed by atoms with Crippen molar-refractivity contribution in [3.8, 4) is 0 Å². The van der Waals surface area contributed by atoms with E-state index >= 15 is 0 Å². The van der Waals surface area contributed by atoms with Crippen LogP contribution >= 0.6 is 11.8 Å². The highest BCUT2D eigenvalue weighted by Crippen LogP contribution is 2.66. The topological polar surface area (TPSA) is 98.7 Å². The molecule has 0 radical (unpaired) electrons. The number of unbranched alkanes of at least 4 members (excludes halogenated alkanes) is 3. The Kier molecular flexibility index (Phi) is 8.19. The number of thioether (sulfide) groups is 1. The molecule has 7 nitrogen and oxygen atoms in total. The first-order valence-corrected chi connectivity index (χ1v) is 13.6. The molecule has 0 saturated carbocycles. The fourth-order valence-corrected chi connectivity index (χ4v) is 8.21. The van der Waals surface area contributed by atoms with Crippen molar-refractivity contribution in [2.75, 3.05) is 19.7 Å². The molecule has 3 fully saturated rings. The first-order chi connectivity index (χ1) is 16.5. The summed E-state index contributed by atoms with van der Waals surface area (Å²) in [6.45, 7) is 3.73. The van der Waals surface area contributed by atoms with E-state index in [0.717, 1.165) is 50.5 Å². The first kappa shape index (κ1) is 25.0. The number of rotatable bonds is 12. The molecule has 8 heteroatoms. The van der Waals surface area contributed by atoms with Crippen molar-refractivity contribution in [3.05, 3.63) is 35.9 Å². The molecule has 3 N–H and O–H groups in total. The van der Waals surface area contributed by atoms with Gasteiger partial charge in [0, 0.05) is 31.5 Å². The number of carbonyl (C=O) groups is 3. The van der Waals surface area contributed by atoms with Crippen LogP contribution in [-0.2, 0) is 20.9 Å². The average Bonchev–Trinajstić information content (AvgIpc) is 3.49. The number of aliphatic hydroxyl groups is 1. The molecule has 3 aliphatic heterocycles. The Labute approximate surface area is 206 Å². The van der Waals surface area contributed by atoms with Gasteiger partial charge in [-0.05, 0) is 37.7 Å². The van der Waals surface area contributed by atoms with E-state index < -0.39 is 16.7 Å². The molecule has 3 heterocycles. The Bertz CT molecular complexity index is 882. The second-order valence-electron chi connectivity index (χ2n) is 9.72. The van der Waals surface area contributed by atoms with E-state index in [2.05, 4.69) is 10.6 Å². The highest BCUT2D eigenvalue weighted by molar-refractivity contribution is 8.02. The number of nitrogens with one attached hydrogen (secondary N) is 2. The number of benzene rings is 1. The molecule has 1 aromatic rings. The van der Waals surface area contributed by atoms with Crippen molar-refractivity contribution in [1.29, 1.82) is 0 Å². The van der Waals surface area contributed by atoms with Gasteiger partial charge in [0.15, 0.2) is 0 Å². The fraction of sp³-hybridized carbons (Fsp3) is 0.654. The van der Waals surface area contributed by atoms with Crippen molar-refractivity contribution in [2.24, 2.45) is 11.8 Å². The number of aliphatic hydroxyl groups excluding tert-OH is 1. The SMILES string of the molecule is CCCNC(=O)[C@@H]1[C@H]2C(=O)N(CCCCCCO)C(C(=O)NCc3ccccc3)C23CC[C@H]1S3. The molecule has 0 aromatic heterocycles. The third-order valence-electron chi connectivity index (χ3n) is 7.52. The predicted octanol–water partition coefficient (Wildman–Crippen LogP) is 2.47. The lowest BCUT2D eigenvalue weighted by molar-refractivity contribution is -0.140. The summed E-state index contributed by atoms with van der Waals surface area (Å²) in [5.74, 6) is -0.974. The summed E-state index contributed by atoms with van der Waals surface area (Å²) in [6, 6.07) is 9.24. The lowest BCUT2D eigenvalue weighted by atomic mass is 9.70. The molecule has 1 aromatic carbocycles. The van der Waals surface area contributed by atoms with E-state index in [9.17, 15) is 14.4 Å². The first-order valence-electron chi connectivity index (χ1n) is 12.7. The van der Waals surface area contributed by atoms with Gasteiger partial charge < -0.3 is 20.6 Å². The van der Waals surface area contributed by atoms with Crippen LogP contribution in [0.4, 0.5) is 0 Å². The zero-order valence-electron chi connectivity index (χ0n) is 20.0. The Balaban J connectivity index is 1.55. The molecule has 5 atom stereocenters. The van der Waals surface area contributed by atoms with Gasteiger partial charge in [-0.1, -0.05) is 50.1 Å². The molecule has 2 unspecified atom stereocenters. The Morgan fingerprint density at radius 1 is 1.12 bits per heavy atom. The van der Waals surface area contributed by atoms with Crippen LogP contribution in [0, 0.1) is 11.8 Å². The number of carbonyl (C=O) groups excluding carboxylic acids is 3. The highest BCUT2D eigenvalue weighted by Gasteiger charge is 2.73. The van der Waals surface area contributed by atoms with Crippen LogP contribution in [-0.4, -0.2) is 63.5 Å². The lowest BCUT2D eigenvalue weighted by Gasteiger charge is -2.34. The standard InChI is InChI=1S/C26H37N3O4S/c1-2-14-27-23(31)20-19-12-13-26(34-19)21(20)25(33)29(15-8-3-4-9-16-30)22(26)24(32)28-17-18-10-6-5-7-11-18/h5-7,10-11,19-22,30H,2-4,8-9,12-17H2,1H3,(H,27,31)(H,28,32)/t19-,20+,21+,22?,26?/m1/s1. The Morgan fingerprint density at radius 3 is 2.62 bits per heavy atom. The zero-order valence-corrected chi connectivity index (χ0v) is 20.8. The van der Waals surface area contributed by atoms with Crippen molar-refractivity contribution in [3.63, 3.8) is 0 Å². The highest BCUT2D eigenvalue weighted by atomic mass is 32.2. The van der Waals surface area contributed by atoms with E-state index in [1.165, 1.54) is 0 Å². The summed E-state index contributed by atoms with van der Waals surface area (Å²) in [4.78, 5) is 42.3. The van der Waals surface area contributed by atoms with Gasteiger partial charge in [0.25, 0.3) is 0 Å². The van der Waals surface area contributed by atoms with Crippen LogP contribution < -0.4 is 10.6 Å². The molecule has 2 bridgehead atoms. The number of likely N-dealkylation sites (tertiary alicyclic amines) is 1. The van der Waals surface area contributed by atoms with Gasteiger partial charge >= 0.3 is 0 Å². The maximum atomic E-state index is 13.8. The maximum Gasteiger partial charge on any atom is 0.244 e. The minimum Gasteiger partial charge on any atom is -0.396 e. The monoisotopic (exact) mass is 487 g/mol. The zero-order chi connectivity index (χ0) is 24.1. The Hall–Kier alpha value is -2.06. The van der Waals surface area contributed by atoms with Gasteiger partial charge in [-0.2, -0.15) is 0 Å². The van der Waals surface area contributed by atoms with Crippen molar-refractivity contribution in [1.82, 2.24) is 15.5 Å². The van der Waals surface area contributed by atoms with Crippen molar-refractivity contribution < 1.29 is 19.5 Å². The molecule has 3 saturated heterocycles. The molecule has 34 heavy (non-hydrogen) atoms. The molecule has 3 aliphatic rings. The van der Waals surface area contributed by atoms with Crippen LogP contribution in [0.2, 0.25) is 0 Å². The summed E-state index contributed by atoms with van der Waals surface area (Å²) in [6.07, 6.45) is 5.85. The molecular formula is C26H37N3O4S. The molecule has 1 spiro atoms. The number of fused-ring (bicyclic) bond motifs is 1. The number of hydrogen-bond acceptors (Lipinski definition) is 5. The van der Waals surface area contributed by atoms with E-state index in [0.29, 0.717) is 19.6 Å². The normalized spacial score (nSPS) is 29.4. The summed E-state index contributed by atoms with van der Waals surface area (Å²) in [5.41, 5.74) is 1.02.